The van der Waals surface area contributed by atoms with Gasteiger partial charge in [0.25, 0.3) is 5.56 Å². The van der Waals surface area contributed by atoms with Crippen molar-refractivity contribution in [1.29, 1.82) is 0 Å². The Hall–Kier alpha value is -4.02. The molecule has 2 aromatic carbocycles. The highest BCUT2D eigenvalue weighted by atomic mass is 19.4. The largest absolute Gasteiger partial charge is 0.489 e. The summed E-state index contributed by atoms with van der Waals surface area (Å²) in [7, 11) is 2.22. The van der Waals surface area contributed by atoms with E-state index in [0.717, 1.165) is 19.0 Å². The fraction of sp³-hybridized carbons (Fsp3) is 0.320. The van der Waals surface area contributed by atoms with Gasteiger partial charge < -0.3 is 14.2 Å². The number of hydrogen-bond donors (Lipinski definition) is 0. The number of hydrogen-bond acceptors (Lipinski definition) is 6. The summed E-state index contributed by atoms with van der Waals surface area (Å²) in [6, 6.07) is 11.7. The minimum absolute atomic E-state index is 0.0779. The van der Waals surface area contributed by atoms with Gasteiger partial charge in [-0.2, -0.15) is 13.2 Å². The van der Waals surface area contributed by atoms with Crippen molar-refractivity contribution in [1.82, 2.24) is 9.13 Å². The van der Waals surface area contributed by atoms with Crippen molar-refractivity contribution in [3.63, 3.8) is 0 Å². The standard InChI is InChI=1S/C25H25F3N2O6/c1-5-16-6-7-17(20(12-16)36-15(2)23(32)34-4)14-35-19-10-8-18(9-11-19)30-22(31)13-21(25(26,27)28)29(3)24(30)33/h6-13,15H,5,14H2,1-4H3. The first-order valence-electron chi connectivity index (χ1n) is 11.0. The van der Waals surface area contributed by atoms with Crippen LogP contribution in [-0.2, 0) is 35.8 Å². The lowest BCUT2D eigenvalue weighted by atomic mass is 10.1. The number of alkyl halides is 3. The van der Waals surface area contributed by atoms with Crippen molar-refractivity contribution < 1.29 is 32.2 Å². The van der Waals surface area contributed by atoms with Crippen LogP contribution in [0.15, 0.2) is 58.1 Å². The molecule has 11 heteroatoms. The van der Waals surface area contributed by atoms with Crippen LogP contribution in [0.5, 0.6) is 11.5 Å². The highest BCUT2D eigenvalue weighted by molar-refractivity contribution is 5.74. The number of carbonyl (C=O) groups is 1. The molecule has 0 bridgehead atoms. The van der Waals surface area contributed by atoms with Gasteiger partial charge in [-0.1, -0.05) is 19.1 Å². The molecule has 0 fully saturated rings. The molecule has 3 aromatic rings. The molecular formula is C25H25F3N2O6. The van der Waals surface area contributed by atoms with E-state index in [1.165, 1.54) is 31.4 Å². The third kappa shape index (κ3) is 5.78. The predicted molar refractivity (Wildman–Crippen MR) is 125 cm³/mol. The molecule has 0 aliphatic carbocycles. The minimum Gasteiger partial charge on any atom is -0.489 e. The zero-order valence-corrected chi connectivity index (χ0v) is 20.1. The van der Waals surface area contributed by atoms with E-state index in [2.05, 4.69) is 0 Å². The van der Waals surface area contributed by atoms with Crippen LogP contribution in [0.4, 0.5) is 13.2 Å². The van der Waals surface area contributed by atoms with E-state index >= 15 is 0 Å². The Morgan fingerprint density at radius 1 is 1.06 bits per heavy atom. The van der Waals surface area contributed by atoms with Crippen LogP contribution in [0.3, 0.4) is 0 Å². The lowest BCUT2D eigenvalue weighted by Crippen LogP contribution is -2.40. The van der Waals surface area contributed by atoms with E-state index in [0.29, 0.717) is 32.3 Å². The van der Waals surface area contributed by atoms with Crippen molar-refractivity contribution in [2.75, 3.05) is 7.11 Å². The van der Waals surface area contributed by atoms with E-state index in [9.17, 15) is 27.6 Å². The second-order valence-electron chi connectivity index (χ2n) is 7.90. The predicted octanol–water partition coefficient (Wildman–Crippen LogP) is 3.64. The molecule has 3 rings (SSSR count). The normalized spacial score (nSPS) is 12.2. The van der Waals surface area contributed by atoms with Crippen LogP contribution in [-0.4, -0.2) is 28.3 Å². The van der Waals surface area contributed by atoms with E-state index in [1.54, 1.807) is 6.92 Å². The average Bonchev–Trinajstić information content (AvgIpc) is 2.84. The molecule has 36 heavy (non-hydrogen) atoms. The molecule has 0 aliphatic rings. The SMILES string of the molecule is CCc1ccc(COc2ccc(-n3c(=O)cc(C(F)(F)F)n(C)c3=O)cc2)c(OC(C)C(=O)OC)c1. The van der Waals surface area contributed by atoms with Gasteiger partial charge in [0, 0.05) is 18.7 Å². The first kappa shape index (κ1) is 26.6. The summed E-state index contributed by atoms with van der Waals surface area (Å²) in [6.45, 7) is 3.63. The molecule has 0 saturated carbocycles. The number of aromatic nitrogens is 2. The minimum atomic E-state index is -4.84. The lowest BCUT2D eigenvalue weighted by molar-refractivity contribution is -0.148. The van der Waals surface area contributed by atoms with E-state index in [1.807, 2.05) is 25.1 Å². The van der Waals surface area contributed by atoms with Crippen LogP contribution in [0, 0.1) is 0 Å². The second-order valence-corrected chi connectivity index (χ2v) is 7.90. The molecule has 1 atom stereocenters. The monoisotopic (exact) mass is 506 g/mol. The Labute approximate surface area is 204 Å². The van der Waals surface area contributed by atoms with Crippen molar-refractivity contribution in [2.24, 2.45) is 7.05 Å². The van der Waals surface area contributed by atoms with Crippen LogP contribution < -0.4 is 20.7 Å². The number of halogens is 3. The van der Waals surface area contributed by atoms with Gasteiger partial charge in [-0.3, -0.25) is 9.36 Å². The fourth-order valence-corrected chi connectivity index (χ4v) is 3.44. The molecule has 1 unspecified atom stereocenters. The number of benzene rings is 2. The summed E-state index contributed by atoms with van der Waals surface area (Å²) in [5, 5.41) is 0. The van der Waals surface area contributed by atoms with Gasteiger partial charge in [-0.05, 0) is 49.2 Å². The summed E-state index contributed by atoms with van der Waals surface area (Å²) < 4.78 is 56.5. The Balaban J connectivity index is 1.82. The van der Waals surface area contributed by atoms with Gasteiger partial charge in [0.05, 0.1) is 12.8 Å². The topological polar surface area (TPSA) is 88.8 Å². The van der Waals surface area contributed by atoms with Gasteiger partial charge in [-0.15, -0.1) is 0 Å². The molecule has 0 spiro atoms. The van der Waals surface area contributed by atoms with Crippen molar-refractivity contribution >= 4 is 5.97 Å². The number of carbonyl (C=O) groups excluding carboxylic acids is 1. The van der Waals surface area contributed by atoms with Gasteiger partial charge in [0.15, 0.2) is 6.10 Å². The molecule has 0 amide bonds. The zero-order valence-electron chi connectivity index (χ0n) is 20.1. The highest BCUT2D eigenvalue weighted by Gasteiger charge is 2.35. The molecule has 192 valence electrons. The van der Waals surface area contributed by atoms with E-state index in [-0.39, 0.29) is 12.3 Å². The quantitative estimate of drug-likeness (QED) is 0.434. The first-order valence-corrected chi connectivity index (χ1v) is 11.0. The molecule has 1 aromatic heterocycles. The van der Waals surface area contributed by atoms with Crippen LogP contribution in [0.2, 0.25) is 0 Å². The summed E-state index contributed by atoms with van der Waals surface area (Å²) in [4.78, 5) is 36.5. The highest BCUT2D eigenvalue weighted by Crippen LogP contribution is 2.27. The van der Waals surface area contributed by atoms with Gasteiger partial charge in [0.2, 0.25) is 0 Å². The zero-order chi connectivity index (χ0) is 26.6. The molecule has 1 heterocycles. The van der Waals surface area contributed by atoms with Crippen molar-refractivity contribution in [3.8, 4) is 17.2 Å². The van der Waals surface area contributed by atoms with Gasteiger partial charge in [0.1, 0.15) is 23.8 Å². The average molecular weight is 506 g/mol. The molecule has 0 saturated heterocycles. The van der Waals surface area contributed by atoms with Crippen LogP contribution in [0.25, 0.3) is 5.69 Å². The Morgan fingerprint density at radius 3 is 2.31 bits per heavy atom. The van der Waals surface area contributed by atoms with Gasteiger partial charge in [-0.25, -0.2) is 14.2 Å². The molecular weight excluding hydrogens is 481 g/mol. The van der Waals surface area contributed by atoms with Crippen LogP contribution in [0.1, 0.15) is 30.7 Å². The Kier molecular flexibility index (Phi) is 7.91. The smallest absolute Gasteiger partial charge is 0.431 e. The first-order chi connectivity index (χ1) is 17.0. The van der Waals surface area contributed by atoms with E-state index in [4.69, 9.17) is 14.2 Å². The Bertz CT molecular complexity index is 1360. The molecule has 8 nitrogen and oxygen atoms in total. The number of aryl methyl sites for hydroxylation is 1. The number of nitrogens with zero attached hydrogens (tertiary/aromatic N) is 2. The maximum Gasteiger partial charge on any atom is 0.431 e. The maximum absolute atomic E-state index is 13.1. The number of ether oxygens (including phenoxy) is 3. The molecule has 0 aliphatic heterocycles. The third-order valence-corrected chi connectivity index (χ3v) is 5.48. The summed E-state index contributed by atoms with van der Waals surface area (Å²) >= 11 is 0. The summed E-state index contributed by atoms with van der Waals surface area (Å²) in [6.07, 6.45) is -4.91. The van der Waals surface area contributed by atoms with Crippen molar-refractivity contribution in [2.45, 2.75) is 39.2 Å². The van der Waals surface area contributed by atoms with Crippen LogP contribution >= 0.6 is 0 Å². The summed E-state index contributed by atoms with van der Waals surface area (Å²) in [5.74, 6) is 0.315. The van der Waals surface area contributed by atoms with E-state index < -0.39 is 35.2 Å². The molecule has 0 radical (unpaired) electrons. The fourth-order valence-electron chi connectivity index (χ4n) is 3.44. The summed E-state index contributed by atoms with van der Waals surface area (Å²) in [5.41, 5.74) is -1.80. The number of rotatable bonds is 8. The molecule has 0 N–H and O–H groups in total. The van der Waals surface area contributed by atoms with Gasteiger partial charge >= 0.3 is 17.8 Å². The lowest BCUT2D eigenvalue weighted by Gasteiger charge is -2.17. The third-order valence-electron chi connectivity index (χ3n) is 5.48. The Morgan fingerprint density at radius 2 is 1.72 bits per heavy atom. The second kappa shape index (κ2) is 10.7. The maximum atomic E-state index is 13.1. The number of esters is 1. The van der Waals surface area contributed by atoms with Crippen molar-refractivity contribution in [3.05, 3.63) is 86.2 Å². The number of methoxy groups -OCH3 is 1.